The monoisotopic (exact) mass is 639 g/mol. The Hall–Kier alpha value is -6.87. The molecule has 4 aliphatic rings. The van der Waals surface area contributed by atoms with Crippen LogP contribution in [0, 0.1) is 34.0 Å². The van der Waals surface area contributed by atoms with Crippen molar-refractivity contribution < 1.29 is 0 Å². The number of allylic oxidation sites excluding steroid dienone is 4. The zero-order valence-electron chi connectivity index (χ0n) is 27.0. The summed E-state index contributed by atoms with van der Waals surface area (Å²) in [6.07, 6.45) is 12.3. The maximum absolute atomic E-state index is 10.5. The molecule has 5 nitrogen and oxygen atoms in total. The molecule has 2 heterocycles. The number of nitriles is 3. The van der Waals surface area contributed by atoms with Gasteiger partial charge >= 0.3 is 0 Å². The second kappa shape index (κ2) is 11.7. The van der Waals surface area contributed by atoms with Crippen molar-refractivity contribution in [3.05, 3.63) is 180 Å². The topological polar surface area (TPSA) is 77.8 Å². The molecule has 5 aromatic rings. The molecule has 4 atom stereocenters. The van der Waals surface area contributed by atoms with Crippen molar-refractivity contribution in [3.63, 3.8) is 0 Å². The molecule has 0 spiro atoms. The molecule has 5 aromatic carbocycles. The van der Waals surface area contributed by atoms with Gasteiger partial charge in [-0.2, -0.15) is 15.8 Å². The first-order valence-electron chi connectivity index (χ1n) is 16.8. The van der Waals surface area contributed by atoms with E-state index in [4.69, 9.17) is 0 Å². The molecule has 5 heteroatoms. The lowest BCUT2D eigenvalue weighted by atomic mass is 9.88. The summed E-state index contributed by atoms with van der Waals surface area (Å²) >= 11 is 0. The van der Waals surface area contributed by atoms with Gasteiger partial charge < -0.3 is 9.80 Å². The number of benzene rings is 5. The molecular weight excluding hydrogens is 611 g/mol. The lowest BCUT2D eigenvalue weighted by Gasteiger charge is -2.31. The van der Waals surface area contributed by atoms with Gasteiger partial charge in [-0.15, -0.1) is 0 Å². The summed E-state index contributed by atoms with van der Waals surface area (Å²) in [4.78, 5) is 4.67. The van der Waals surface area contributed by atoms with Gasteiger partial charge in [-0.25, -0.2) is 0 Å². The minimum absolute atomic E-state index is 0.0390. The van der Waals surface area contributed by atoms with E-state index in [9.17, 15) is 15.8 Å². The second-order valence-corrected chi connectivity index (χ2v) is 13.0. The van der Waals surface area contributed by atoms with Crippen LogP contribution >= 0.6 is 0 Å². The normalized spacial score (nSPS) is 20.7. The molecule has 0 fully saturated rings. The highest BCUT2D eigenvalue weighted by Gasteiger charge is 2.40. The molecule has 0 radical (unpaired) electrons. The van der Waals surface area contributed by atoms with Gasteiger partial charge in [0.2, 0.25) is 0 Å². The highest BCUT2D eigenvalue weighted by molar-refractivity contribution is 5.89. The molecule has 0 amide bonds. The minimum atomic E-state index is -0.0390. The number of nitrogens with zero attached hydrogens (tertiary/aromatic N) is 5. The lowest BCUT2D eigenvalue weighted by molar-refractivity contribution is 0.741. The Morgan fingerprint density at radius 1 is 0.480 bits per heavy atom. The average molecular weight is 640 g/mol. The zero-order valence-corrected chi connectivity index (χ0v) is 27.0. The zero-order chi connectivity index (χ0) is 33.8. The van der Waals surface area contributed by atoms with E-state index in [1.54, 1.807) is 0 Å². The quantitative estimate of drug-likeness (QED) is 0.196. The van der Waals surface area contributed by atoms with E-state index in [2.05, 4.69) is 149 Å². The molecule has 2 aliphatic heterocycles. The van der Waals surface area contributed by atoms with E-state index in [0.717, 1.165) is 45.0 Å². The first-order valence-corrected chi connectivity index (χ1v) is 16.8. The molecular formula is C45H29N5. The number of hydrogen-bond acceptors (Lipinski definition) is 5. The van der Waals surface area contributed by atoms with Crippen LogP contribution in [-0.4, -0.2) is 12.1 Å². The Labute approximate surface area is 291 Å². The standard InChI is InChI=1S/C45H29N5/c46-26-29-14-22-44-40(23-29)38-9-3-4-10-41(38)49(44)34-18-15-31(16-19-34)32-17-21-35(33(25-32)28-48)36-7-1-5-11-42(36)50-43-12-6-2-8-37(43)39-20-13-30(27-47)24-45(39)50/h1-25,39-40,44-45H. The van der Waals surface area contributed by atoms with Gasteiger partial charge in [-0.05, 0) is 76.9 Å². The maximum atomic E-state index is 10.5. The van der Waals surface area contributed by atoms with E-state index in [1.165, 1.54) is 11.1 Å². The van der Waals surface area contributed by atoms with Gasteiger partial charge in [0.05, 0.1) is 35.9 Å². The number of anilines is 4. The molecule has 2 aliphatic carbocycles. The van der Waals surface area contributed by atoms with Crippen LogP contribution in [-0.2, 0) is 0 Å². The fraction of sp³-hybridized carbons (Fsp3) is 0.0889. The van der Waals surface area contributed by atoms with Crippen LogP contribution in [0.1, 0.15) is 28.5 Å². The van der Waals surface area contributed by atoms with E-state index in [1.807, 2.05) is 30.4 Å². The third-order valence-electron chi connectivity index (χ3n) is 10.4. The van der Waals surface area contributed by atoms with E-state index in [-0.39, 0.29) is 23.9 Å². The van der Waals surface area contributed by atoms with Crippen molar-refractivity contribution in [2.45, 2.75) is 23.9 Å². The van der Waals surface area contributed by atoms with Crippen molar-refractivity contribution in [2.24, 2.45) is 0 Å². The van der Waals surface area contributed by atoms with Crippen LogP contribution in [0.3, 0.4) is 0 Å². The summed E-state index contributed by atoms with van der Waals surface area (Å²) < 4.78 is 0. The fourth-order valence-corrected chi connectivity index (χ4v) is 8.20. The highest BCUT2D eigenvalue weighted by atomic mass is 15.2. The number of para-hydroxylation sites is 3. The van der Waals surface area contributed by atoms with Crippen LogP contribution in [0.25, 0.3) is 22.3 Å². The third kappa shape index (κ3) is 4.51. The minimum Gasteiger partial charge on any atom is -0.333 e. The smallest absolute Gasteiger partial charge is 0.0998 e. The molecule has 4 unspecified atom stereocenters. The Balaban J connectivity index is 1.07. The Kier molecular flexibility index (Phi) is 6.84. The number of rotatable bonds is 4. The maximum Gasteiger partial charge on any atom is 0.0998 e. The van der Waals surface area contributed by atoms with E-state index >= 15 is 0 Å². The summed E-state index contributed by atoms with van der Waals surface area (Å²) in [5, 5.41) is 29.8. The van der Waals surface area contributed by atoms with Gasteiger partial charge in [-0.1, -0.05) is 97.1 Å². The molecule has 9 rings (SSSR count). The lowest BCUT2D eigenvalue weighted by Crippen LogP contribution is -2.29. The summed E-state index contributed by atoms with van der Waals surface area (Å²) in [5.74, 6) is 0.260. The van der Waals surface area contributed by atoms with Crippen molar-refractivity contribution in [1.82, 2.24) is 0 Å². The van der Waals surface area contributed by atoms with Crippen molar-refractivity contribution in [2.75, 3.05) is 9.80 Å². The molecule has 0 N–H and O–H groups in total. The van der Waals surface area contributed by atoms with Crippen LogP contribution in [0.2, 0.25) is 0 Å². The predicted molar refractivity (Wildman–Crippen MR) is 198 cm³/mol. The Morgan fingerprint density at radius 3 is 1.84 bits per heavy atom. The van der Waals surface area contributed by atoms with Crippen LogP contribution in [0.4, 0.5) is 22.7 Å². The van der Waals surface area contributed by atoms with Crippen LogP contribution < -0.4 is 9.80 Å². The molecule has 234 valence electrons. The van der Waals surface area contributed by atoms with E-state index < -0.39 is 0 Å². The first kappa shape index (κ1) is 29.3. The van der Waals surface area contributed by atoms with Crippen molar-refractivity contribution in [3.8, 4) is 40.5 Å². The molecule has 0 saturated carbocycles. The summed E-state index contributed by atoms with van der Waals surface area (Å²) in [6, 6.07) is 47.0. The SMILES string of the molecule is N#CC1=CC2c3ccccc3N(c3ccc(-c4ccc(-c5ccccc5N5c6ccccc6C6C=CC(C#N)=CC65)c(C#N)c4)cc3)C2C=C1. The largest absolute Gasteiger partial charge is 0.333 e. The molecule has 0 aromatic heterocycles. The van der Waals surface area contributed by atoms with Crippen LogP contribution in [0.5, 0.6) is 0 Å². The van der Waals surface area contributed by atoms with Crippen LogP contribution in [0.15, 0.2) is 163 Å². The van der Waals surface area contributed by atoms with Gasteiger partial charge in [0.15, 0.2) is 0 Å². The first-order chi connectivity index (χ1) is 24.7. The van der Waals surface area contributed by atoms with Gasteiger partial charge in [0.1, 0.15) is 0 Å². The molecule has 50 heavy (non-hydrogen) atoms. The van der Waals surface area contributed by atoms with Gasteiger partial charge in [-0.3, -0.25) is 0 Å². The summed E-state index contributed by atoms with van der Waals surface area (Å²) in [6.45, 7) is 0. The van der Waals surface area contributed by atoms with Crippen molar-refractivity contribution in [1.29, 1.82) is 15.8 Å². The Bertz CT molecular complexity index is 2460. The fourth-order valence-electron chi connectivity index (χ4n) is 8.20. The third-order valence-corrected chi connectivity index (χ3v) is 10.4. The average Bonchev–Trinajstić information content (AvgIpc) is 3.69. The second-order valence-electron chi connectivity index (χ2n) is 13.0. The summed E-state index contributed by atoms with van der Waals surface area (Å²) in [7, 11) is 0. The Morgan fingerprint density at radius 2 is 1.10 bits per heavy atom. The van der Waals surface area contributed by atoms with E-state index in [0.29, 0.717) is 16.7 Å². The molecule has 0 saturated heterocycles. The number of fused-ring (bicyclic) bond motifs is 6. The summed E-state index contributed by atoms with van der Waals surface area (Å²) in [5.41, 5.74) is 12.6. The van der Waals surface area contributed by atoms with Gasteiger partial charge in [0, 0.05) is 56.9 Å². The van der Waals surface area contributed by atoms with Gasteiger partial charge in [0.25, 0.3) is 0 Å². The molecule has 0 bridgehead atoms. The predicted octanol–water partition coefficient (Wildman–Crippen LogP) is 10.1. The number of hydrogen-bond donors (Lipinski definition) is 0. The van der Waals surface area contributed by atoms with Crippen molar-refractivity contribution >= 4 is 22.7 Å². The highest BCUT2D eigenvalue weighted by Crippen LogP contribution is 2.51.